The van der Waals surface area contributed by atoms with Gasteiger partial charge >= 0.3 is 6.16 Å². The average Bonchev–Trinajstić information content (AvgIpc) is 2.39. The molecule has 19 heavy (non-hydrogen) atoms. The zero-order valence-electron chi connectivity index (χ0n) is 11.2. The van der Waals surface area contributed by atoms with Gasteiger partial charge in [0, 0.05) is 20.0 Å². The molecule has 2 unspecified atom stereocenters. The SMILES string of the molecule is COC(C)OC(=O)OCCC[S+]([O-])CCCOC=O. The van der Waals surface area contributed by atoms with Crippen LogP contribution in [0.3, 0.4) is 0 Å². The fourth-order valence-electron chi connectivity index (χ4n) is 1.05. The lowest BCUT2D eigenvalue weighted by Crippen LogP contribution is -2.19. The molecule has 0 radical (unpaired) electrons. The van der Waals surface area contributed by atoms with Crippen molar-refractivity contribution in [3.63, 3.8) is 0 Å². The maximum Gasteiger partial charge on any atom is 0.510 e. The Bertz CT molecular complexity index is 249. The smallest absolute Gasteiger partial charge is 0.510 e. The van der Waals surface area contributed by atoms with Gasteiger partial charge in [-0.3, -0.25) is 4.79 Å². The van der Waals surface area contributed by atoms with Gasteiger partial charge in [0.25, 0.3) is 6.47 Å². The molecule has 0 aromatic heterocycles. The van der Waals surface area contributed by atoms with Gasteiger partial charge in [-0.15, -0.1) is 0 Å². The van der Waals surface area contributed by atoms with Gasteiger partial charge in [-0.05, 0) is 6.92 Å². The van der Waals surface area contributed by atoms with Crippen LogP contribution in [-0.2, 0) is 34.9 Å². The standard InChI is InChI=1S/C11H20O7S/c1-10(15-2)18-11(13)17-6-4-8-19(14)7-3-5-16-9-12/h9-10H,3-8H2,1-2H3. The second kappa shape index (κ2) is 12.1. The third-order valence-corrected chi connectivity index (χ3v) is 3.52. The molecule has 0 amide bonds. The van der Waals surface area contributed by atoms with Crippen LogP contribution in [0, 0.1) is 0 Å². The van der Waals surface area contributed by atoms with Crippen LogP contribution >= 0.6 is 0 Å². The number of carbonyl (C=O) groups excluding carboxylic acids is 2. The monoisotopic (exact) mass is 296 g/mol. The summed E-state index contributed by atoms with van der Waals surface area (Å²) in [6.45, 7) is 2.35. The first-order chi connectivity index (χ1) is 9.10. The summed E-state index contributed by atoms with van der Waals surface area (Å²) in [7, 11) is 1.41. The molecule has 0 bridgehead atoms. The maximum absolute atomic E-state index is 11.5. The van der Waals surface area contributed by atoms with Crippen molar-refractivity contribution in [1.82, 2.24) is 0 Å². The highest BCUT2D eigenvalue weighted by atomic mass is 32.2. The van der Waals surface area contributed by atoms with Gasteiger partial charge in [0.2, 0.25) is 6.29 Å². The minimum absolute atomic E-state index is 0.145. The predicted molar refractivity (Wildman–Crippen MR) is 68.0 cm³/mol. The summed E-state index contributed by atoms with van der Waals surface area (Å²) >= 11 is -1.00. The topological polar surface area (TPSA) is 94.1 Å². The highest BCUT2D eigenvalue weighted by Crippen LogP contribution is 2.00. The summed E-state index contributed by atoms with van der Waals surface area (Å²) in [6.07, 6.45) is -0.420. The van der Waals surface area contributed by atoms with E-state index in [2.05, 4.69) is 9.47 Å². The van der Waals surface area contributed by atoms with E-state index in [0.717, 1.165) is 0 Å². The number of carbonyl (C=O) groups is 2. The first-order valence-corrected chi connectivity index (χ1v) is 7.35. The van der Waals surface area contributed by atoms with Crippen molar-refractivity contribution in [1.29, 1.82) is 0 Å². The van der Waals surface area contributed by atoms with E-state index in [-0.39, 0.29) is 13.2 Å². The minimum Gasteiger partial charge on any atom is -0.616 e. The number of ether oxygens (including phenoxy) is 4. The maximum atomic E-state index is 11.5. The molecular formula is C11H20O7S. The number of hydrogen-bond acceptors (Lipinski definition) is 7. The van der Waals surface area contributed by atoms with E-state index in [4.69, 9.17) is 9.47 Å². The molecule has 0 spiro atoms. The van der Waals surface area contributed by atoms with E-state index in [9.17, 15) is 14.1 Å². The van der Waals surface area contributed by atoms with E-state index in [0.29, 0.717) is 30.8 Å². The predicted octanol–water partition coefficient (Wildman–Crippen LogP) is 0.834. The summed E-state index contributed by atoms with van der Waals surface area (Å²) < 4.78 is 30.1. The van der Waals surface area contributed by atoms with Crippen molar-refractivity contribution >= 4 is 23.8 Å². The minimum atomic E-state index is -1.00. The lowest BCUT2D eigenvalue weighted by molar-refractivity contribution is -0.128. The fraction of sp³-hybridized carbons (Fsp3) is 0.818. The molecule has 0 rings (SSSR count). The summed E-state index contributed by atoms with van der Waals surface area (Å²) in [5, 5.41) is 0. The van der Waals surface area contributed by atoms with Crippen molar-refractivity contribution in [3.05, 3.63) is 0 Å². The van der Waals surface area contributed by atoms with Crippen molar-refractivity contribution in [2.24, 2.45) is 0 Å². The lowest BCUT2D eigenvalue weighted by atomic mass is 10.5. The molecule has 7 nitrogen and oxygen atoms in total. The molecule has 0 fully saturated rings. The first kappa shape index (κ1) is 18.0. The van der Waals surface area contributed by atoms with Gasteiger partial charge in [-0.2, -0.15) is 0 Å². The lowest BCUT2D eigenvalue weighted by Gasteiger charge is -2.12. The number of hydrogen-bond donors (Lipinski definition) is 0. The van der Waals surface area contributed by atoms with Crippen LogP contribution < -0.4 is 0 Å². The molecular weight excluding hydrogens is 276 g/mol. The molecule has 0 saturated heterocycles. The van der Waals surface area contributed by atoms with Crippen LogP contribution in [0.1, 0.15) is 19.8 Å². The Kier molecular flexibility index (Phi) is 11.4. The van der Waals surface area contributed by atoms with Gasteiger partial charge in [-0.25, -0.2) is 4.79 Å². The molecule has 0 aliphatic heterocycles. The van der Waals surface area contributed by atoms with Gasteiger partial charge in [0.1, 0.15) is 11.5 Å². The van der Waals surface area contributed by atoms with Crippen LogP contribution in [0.25, 0.3) is 0 Å². The quantitative estimate of drug-likeness (QED) is 0.183. The highest BCUT2D eigenvalue weighted by Gasteiger charge is 2.10. The summed E-state index contributed by atoms with van der Waals surface area (Å²) in [6, 6.07) is 0. The van der Waals surface area contributed by atoms with E-state index < -0.39 is 23.6 Å². The average molecular weight is 296 g/mol. The van der Waals surface area contributed by atoms with Gasteiger partial charge in [-0.1, -0.05) is 11.2 Å². The molecule has 0 saturated carbocycles. The molecule has 0 N–H and O–H groups in total. The summed E-state index contributed by atoms with van der Waals surface area (Å²) in [4.78, 5) is 20.9. The first-order valence-electron chi connectivity index (χ1n) is 5.86. The second-order valence-electron chi connectivity index (χ2n) is 3.54. The van der Waals surface area contributed by atoms with Gasteiger partial charge in [0.15, 0.2) is 0 Å². The largest absolute Gasteiger partial charge is 0.616 e. The van der Waals surface area contributed by atoms with E-state index in [1.807, 2.05) is 0 Å². The van der Waals surface area contributed by atoms with Crippen molar-refractivity contribution in [3.8, 4) is 0 Å². The van der Waals surface area contributed by atoms with Crippen LogP contribution in [0.4, 0.5) is 4.79 Å². The zero-order chi connectivity index (χ0) is 14.5. The molecule has 112 valence electrons. The molecule has 0 heterocycles. The fourth-order valence-corrected chi connectivity index (χ4v) is 2.13. The van der Waals surface area contributed by atoms with E-state index >= 15 is 0 Å². The Hall–Kier alpha value is -0.990. The highest BCUT2D eigenvalue weighted by molar-refractivity contribution is 7.91. The molecule has 0 aliphatic rings. The van der Waals surface area contributed by atoms with Gasteiger partial charge < -0.3 is 23.5 Å². The molecule has 0 aromatic rings. The molecule has 0 aromatic carbocycles. The Morgan fingerprint density at radius 2 is 1.95 bits per heavy atom. The zero-order valence-corrected chi connectivity index (χ0v) is 12.0. The Labute approximate surface area is 115 Å². The number of rotatable bonds is 11. The van der Waals surface area contributed by atoms with Crippen molar-refractivity contribution < 1.29 is 33.1 Å². The normalized spacial score (nSPS) is 13.4. The van der Waals surface area contributed by atoms with Crippen LogP contribution in [-0.4, -0.2) is 55.3 Å². The van der Waals surface area contributed by atoms with Crippen molar-refractivity contribution in [2.75, 3.05) is 31.8 Å². The van der Waals surface area contributed by atoms with Crippen molar-refractivity contribution in [2.45, 2.75) is 26.1 Å². The van der Waals surface area contributed by atoms with Crippen LogP contribution in [0.2, 0.25) is 0 Å². The second-order valence-corrected chi connectivity index (χ2v) is 5.24. The molecule has 0 aliphatic carbocycles. The summed E-state index contributed by atoms with van der Waals surface area (Å²) in [5.74, 6) is 0.882. The Balaban J connectivity index is 3.42. The number of methoxy groups -OCH3 is 1. The van der Waals surface area contributed by atoms with Gasteiger partial charge in [0.05, 0.1) is 13.2 Å². The Morgan fingerprint density at radius 3 is 2.53 bits per heavy atom. The Morgan fingerprint density at radius 1 is 1.32 bits per heavy atom. The third kappa shape index (κ3) is 11.8. The van der Waals surface area contributed by atoms with E-state index in [1.54, 1.807) is 6.92 Å². The van der Waals surface area contributed by atoms with Crippen LogP contribution in [0.5, 0.6) is 0 Å². The molecule has 8 heteroatoms. The third-order valence-electron chi connectivity index (χ3n) is 2.03. The molecule has 2 atom stereocenters. The summed E-state index contributed by atoms with van der Waals surface area (Å²) in [5.41, 5.74) is 0. The van der Waals surface area contributed by atoms with Crippen LogP contribution in [0.15, 0.2) is 0 Å². The van der Waals surface area contributed by atoms with E-state index in [1.165, 1.54) is 7.11 Å².